The Morgan fingerprint density at radius 1 is 0.969 bits per heavy atom. The summed E-state index contributed by atoms with van der Waals surface area (Å²) in [4.78, 5) is 30.7. The first-order valence-corrected chi connectivity index (χ1v) is 10.1. The van der Waals surface area contributed by atoms with Crippen molar-refractivity contribution in [3.63, 3.8) is 0 Å². The standard InChI is InChI=1S/C25H23N3O4/c1-31-19-14-12-18(13-15-19)28-23(27-21-11-7-6-10-20(21)25(28)30)22(32-2)16-26-24(29)17-8-4-3-5-9-17/h3-15,22H,16H2,1-2H3,(H,26,29). The van der Waals surface area contributed by atoms with E-state index >= 15 is 0 Å². The van der Waals surface area contributed by atoms with E-state index in [0.717, 1.165) is 0 Å². The molecule has 0 radical (unpaired) electrons. The number of benzene rings is 3. The molecule has 0 aliphatic rings. The molecule has 0 spiro atoms. The third-order valence-electron chi connectivity index (χ3n) is 5.19. The molecule has 0 saturated heterocycles. The molecule has 4 aromatic rings. The third-order valence-corrected chi connectivity index (χ3v) is 5.19. The number of methoxy groups -OCH3 is 2. The van der Waals surface area contributed by atoms with E-state index in [4.69, 9.17) is 14.5 Å². The molecule has 1 heterocycles. The fourth-order valence-corrected chi connectivity index (χ4v) is 3.50. The second kappa shape index (κ2) is 9.45. The van der Waals surface area contributed by atoms with Crippen molar-refractivity contribution in [2.45, 2.75) is 6.10 Å². The van der Waals surface area contributed by atoms with Gasteiger partial charge in [-0.2, -0.15) is 0 Å². The molecule has 0 saturated carbocycles. The zero-order valence-corrected chi connectivity index (χ0v) is 17.8. The van der Waals surface area contributed by atoms with Crippen molar-refractivity contribution in [3.05, 3.63) is 101 Å². The van der Waals surface area contributed by atoms with Crippen LogP contribution in [0.3, 0.4) is 0 Å². The average Bonchev–Trinajstić information content (AvgIpc) is 2.85. The fourth-order valence-electron chi connectivity index (χ4n) is 3.50. The first-order chi connectivity index (χ1) is 15.6. The second-order valence-corrected chi connectivity index (χ2v) is 7.13. The Morgan fingerprint density at radius 2 is 1.66 bits per heavy atom. The van der Waals surface area contributed by atoms with E-state index < -0.39 is 6.10 Å². The molecular formula is C25H23N3O4. The van der Waals surface area contributed by atoms with Crippen LogP contribution in [-0.2, 0) is 4.74 Å². The molecule has 0 aliphatic carbocycles. The van der Waals surface area contributed by atoms with Gasteiger partial charge < -0.3 is 14.8 Å². The van der Waals surface area contributed by atoms with Gasteiger partial charge in [0.15, 0.2) is 0 Å². The Bertz CT molecular complexity index is 1280. The summed E-state index contributed by atoms with van der Waals surface area (Å²) in [7, 11) is 3.11. The van der Waals surface area contributed by atoms with Crippen molar-refractivity contribution < 1.29 is 14.3 Å². The SMILES string of the molecule is COc1ccc(-n2c(C(CNC(=O)c3ccccc3)OC)nc3ccccc3c2=O)cc1. The molecule has 0 bridgehead atoms. The molecule has 1 atom stereocenters. The van der Waals surface area contributed by atoms with Crippen molar-refractivity contribution in [3.8, 4) is 11.4 Å². The van der Waals surface area contributed by atoms with Crippen LogP contribution in [0.25, 0.3) is 16.6 Å². The van der Waals surface area contributed by atoms with Crippen LogP contribution in [0, 0.1) is 0 Å². The van der Waals surface area contributed by atoms with Crippen LogP contribution in [0.1, 0.15) is 22.3 Å². The van der Waals surface area contributed by atoms with Gasteiger partial charge >= 0.3 is 0 Å². The first kappa shape index (κ1) is 21.3. The van der Waals surface area contributed by atoms with E-state index in [9.17, 15) is 9.59 Å². The summed E-state index contributed by atoms with van der Waals surface area (Å²) < 4.78 is 12.4. The van der Waals surface area contributed by atoms with Crippen molar-refractivity contribution in [1.29, 1.82) is 0 Å². The highest BCUT2D eigenvalue weighted by Crippen LogP contribution is 2.22. The van der Waals surface area contributed by atoms with Crippen LogP contribution in [0.4, 0.5) is 0 Å². The summed E-state index contributed by atoms with van der Waals surface area (Å²) in [6.07, 6.45) is -0.651. The minimum absolute atomic E-state index is 0.144. The van der Waals surface area contributed by atoms with Gasteiger partial charge in [0.2, 0.25) is 0 Å². The number of aromatic nitrogens is 2. The summed E-state index contributed by atoms with van der Waals surface area (Å²) in [5, 5.41) is 3.37. The molecule has 7 nitrogen and oxygen atoms in total. The Balaban J connectivity index is 1.76. The largest absolute Gasteiger partial charge is 0.497 e. The molecule has 1 aromatic heterocycles. The highest BCUT2D eigenvalue weighted by molar-refractivity contribution is 5.94. The highest BCUT2D eigenvalue weighted by atomic mass is 16.5. The predicted octanol–water partition coefficient (Wildman–Crippen LogP) is 3.51. The number of hydrogen-bond acceptors (Lipinski definition) is 5. The molecular weight excluding hydrogens is 406 g/mol. The molecule has 7 heteroatoms. The van der Waals surface area contributed by atoms with E-state index in [-0.39, 0.29) is 18.0 Å². The third kappa shape index (κ3) is 4.24. The van der Waals surface area contributed by atoms with Gasteiger partial charge in [0.05, 0.1) is 30.2 Å². The zero-order valence-electron chi connectivity index (χ0n) is 17.8. The van der Waals surface area contributed by atoms with Gasteiger partial charge in [-0.25, -0.2) is 4.98 Å². The van der Waals surface area contributed by atoms with Crippen molar-refractivity contribution in [2.24, 2.45) is 0 Å². The Kier molecular flexibility index (Phi) is 6.28. The molecule has 3 aromatic carbocycles. The maximum absolute atomic E-state index is 13.4. The number of carbonyl (C=O) groups is 1. The summed E-state index contributed by atoms with van der Waals surface area (Å²) in [5.41, 5.74) is 1.52. The van der Waals surface area contributed by atoms with Crippen molar-refractivity contribution in [2.75, 3.05) is 20.8 Å². The van der Waals surface area contributed by atoms with Gasteiger partial charge in [-0.1, -0.05) is 30.3 Å². The van der Waals surface area contributed by atoms with Crippen LogP contribution in [0.15, 0.2) is 83.7 Å². The molecule has 1 unspecified atom stereocenters. The number of para-hydroxylation sites is 1. The molecule has 0 fully saturated rings. The van der Waals surface area contributed by atoms with Crippen LogP contribution in [0.5, 0.6) is 5.75 Å². The van der Waals surface area contributed by atoms with Crippen molar-refractivity contribution >= 4 is 16.8 Å². The fraction of sp³-hybridized carbons (Fsp3) is 0.160. The first-order valence-electron chi connectivity index (χ1n) is 10.1. The molecule has 0 aliphatic heterocycles. The van der Waals surface area contributed by atoms with Gasteiger partial charge in [-0.3, -0.25) is 14.2 Å². The lowest BCUT2D eigenvalue weighted by Gasteiger charge is -2.21. The molecule has 4 rings (SSSR count). The Hall–Kier alpha value is -3.97. The van der Waals surface area contributed by atoms with E-state index in [0.29, 0.717) is 33.7 Å². The Morgan fingerprint density at radius 3 is 2.34 bits per heavy atom. The van der Waals surface area contributed by atoms with E-state index in [1.165, 1.54) is 11.7 Å². The van der Waals surface area contributed by atoms with Gasteiger partial charge in [0.25, 0.3) is 11.5 Å². The van der Waals surface area contributed by atoms with E-state index in [2.05, 4.69) is 5.32 Å². The number of rotatable bonds is 7. The molecule has 1 amide bonds. The zero-order chi connectivity index (χ0) is 22.5. The smallest absolute Gasteiger partial charge is 0.266 e. The lowest BCUT2D eigenvalue weighted by atomic mass is 10.2. The number of nitrogens with zero attached hydrogens (tertiary/aromatic N) is 2. The van der Waals surface area contributed by atoms with Crippen LogP contribution in [-0.4, -0.2) is 36.2 Å². The second-order valence-electron chi connectivity index (χ2n) is 7.13. The van der Waals surface area contributed by atoms with Gasteiger partial charge in [0.1, 0.15) is 17.7 Å². The van der Waals surface area contributed by atoms with Crippen LogP contribution < -0.4 is 15.6 Å². The van der Waals surface area contributed by atoms with Gasteiger partial charge in [0, 0.05) is 12.7 Å². The van der Waals surface area contributed by atoms with Crippen LogP contribution >= 0.6 is 0 Å². The highest BCUT2D eigenvalue weighted by Gasteiger charge is 2.22. The van der Waals surface area contributed by atoms with Gasteiger partial charge in [-0.05, 0) is 48.5 Å². The maximum Gasteiger partial charge on any atom is 0.266 e. The van der Waals surface area contributed by atoms with Crippen molar-refractivity contribution in [1.82, 2.24) is 14.9 Å². The number of fused-ring (bicyclic) bond motifs is 1. The minimum Gasteiger partial charge on any atom is -0.497 e. The molecule has 32 heavy (non-hydrogen) atoms. The number of hydrogen-bond donors (Lipinski definition) is 1. The molecule has 162 valence electrons. The number of amides is 1. The summed E-state index contributed by atoms with van der Waals surface area (Å²) in [6.45, 7) is 0.144. The van der Waals surface area contributed by atoms with Crippen LogP contribution in [0.2, 0.25) is 0 Å². The number of nitrogens with one attached hydrogen (secondary N) is 1. The minimum atomic E-state index is -0.651. The lowest BCUT2D eigenvalue weighted by Crippen LogP contribution is -2.33. The quantitative estimate of drug-likeness (QED) is 0.486. The Labute approximate surface area is 185 Å². The summed E-state index contributed by atoms with van der Waals surface area (Å²) in [5.74, 6) is 0.844. The summed E-state index contributed by atoms with van der Waals surface area (Å²) >= 11 is 0. The topological polar surface area (TPSA) is 82.4 Å². The normalized spacial score (nSPS) is 11.8. The number of carbonyl (C=O) groups excluding carboxylic acids is 1. The van der Waals surface area contributed by atoms with E-state index in [1.54, 1.807) is 73.8 Å². The van der Waals surface area contributed by atoms with E-state index in [1.807, 2.05) is 12.1 Å². The average molecular weight is 429 g/mol. The summed E-state index contributed by atoms with van der Waals surface area (Å²) in [6, 6.07) is 23.2. The lowest BCUT2D eigenvalue weighted by molar-refractivity contribution is 0.0789. The maximum atomic E-state index is 13.4. The van der Waals surface area contributed by atoms with Gasteiger partial charge in [-0.15, -0.1) is 0 Å². The molecule has 1 N–H and O–H groups in total. The number of ether oxygens (including phenoxy) is 2. The monoisotopic (exact) mass is 429 g/mol. The predicted molar refractivity (Wildman–Crippen MR) is 122 cm³/mol.